The van der Waals surface area contributed by atoms with Crippen LogP contribution in [0.4, 0.5) is 5.69 Å². The van der Waals surface area contributed by atoms with Crippen molar-refractivity contribution in [2.75, 3.05) is 25.2 Å². The SMILES string of the molecule is COc1cc(/C=C(\C)CC[C@@H](O)C2=C(COc3ccccc3)C[C@H]3C(=O)N(c4ccccc4)C(=O)[C@H]3[C@H]2CO)cc(I)c1O. The predicted octanol–water partition coefficient (Wildman–Crippen LogP) is 5.74. The van der Waals surface area contributed by atoms with Gasteiger partial charge in [0.15, 0.2) is 11.5 Å². The summed E-state index contributed by atoms with van der Waals surface area (Å²) in [6.07, 6.45) is 2.15. The summed E-state index contributed by atoms with van der Waals surface area (Å²) >= 11 is 2.05. The molecule has 1 aliphatic heterocycles. The first-order chi connectivity index (χ1) is 21.2. The molecule has 1 aliphatic carbocycles. The molecule has 0 unspecified atom stereocenters. The van der Waals surface area contributed by atoms with E-state index in [1.807, 2.05) is 55.5 Å². The van der Waals surface area contributed by atoms with Crippen LogP contribution in [0.2, 0.25) is 0 Å². The average molecular weight is 710 g/mol. The zero-order valence-electron chi connectivity index (χ0n) is 24.7. The van der Waals surface area contributed by atoms with Crippen LogP contribution < -0.4 is 14.4 Å². The van der Waals surface area contributed by atoms with E-state index >= 15 is 0 Å². The number of amides is 2. The van der Waals surface area contributed by atoms with E-state index in [0.29, 0.717) is 39.2 Å². The highest BCUT2D eigenvalue weighted by atomic mass is 127. The molecule has 3 N–H and O–H groups in total. The van der Waals surface area contributed by atoms with Crippen molar-refractivity contribution in [2.24, 2.45) is 17.8 Å². The fraction of sp³-hybridized carbons (Fsp3) is 0.314. The summed E-state index contributed by atoms with van der Waals surface area (Å²) in [6.45, 7) is 1.71. The van der Waals surface area contributed by atoms with Crippen LogP contribution in [0.3, 0.4) is 0 Å². The van der Waals surface area contributed by atoms with Gasteiger partial charge in [-0.3, -0.25) is 14.5 Å². The van der Waals surface area contributed by atoms with Gasteiger partial charge in [0.1, 0.15) is 12.4 Å². The molecule has 0 saturated carbocycles. The summed E-state index contributed by atoms with van der Waals surface area (Å²) < 4.78 is 12.0. The van der Waals surface area contributed by atoms with Crippen molar-refractivity contribution in [3.63, 3.8) is 0 Å². The summed E-state index contributed by atoms with van der Waals surface area (Å²) in [6, 6.07) is 21.7. The first kappa shape index (κ1) is 31.7. The van der Waals surface area contributed by atoms with E-state index in [1.165, 1.54) is 12.0 Å². The number of halogens is 1. The number of nitrogens with zero attached hydrogens (tertiary/aromatic N) is 1. The number of carbonyl (C=O) groups excluding carboxylic acids is 2. The number of phenolic OH excluding ortho intramolecular Hbond substituents is 1. The van der Waals surface area contributed by atoms with E-state index in [4.69, 9.17) is 9.47 Å². The molecule has 8 nitrogen and oxygen atoms in total. The Hall–Kier alpha value is -3.67. The zero-order chi connectivity index (χ0) is 31.4. The largest absolute Gasteiger partial charge is 0.504 e. The lowest BCUT2D eigenvalue weighted by atomic mass is 9.68. The van der Waals surface area contributed by atoms with Crippen LogP contribution in [0.15, 0.2) is 89.5 Å². The number of aromatic hydroxyl groups is 1. The standard InChI is InChI=1S/C35H36INO7/c1-21(15-22-16-28(36)33(40)30(17-22)43-2)13-14-29(39)31-23(20-44-25-11-7-4-8-12-25)18-26-32(27(31)19-38)35(42)37(34(26)41)24-9-5-3-6-10-24/h3-12,15-17,26-27,29,32,38-40H,13-14,18-20H2,1-2H3/b21-15+/t26-,27+,29-,32-/m1/s1. The van der Waals surface area contributed by atoms with Crippen LogP contribution >= 0.6 is 22.6 Å². The van der Waals surface area contributed by atoms with Crippen molar-refractivity contribution >= 4 is 46.2 Å². The number of para-hydroxylation sites is 2. The summed E-state index contributed by atoms with van der Waals surface area (Å²) in [7, 11) is 1.50. The highest BCUT2D eigenvalue weighted by molar-refractivity contribution is 14.1. The summed E-state index contributed by atoms with van der Waals surface area (Å²) in [4.78, 5) is 28.6. The van der Waals surface area contributed by atoms with E-state index in [0.717, 1.165) is 16.7 Å². The smallest absolute Gasteiger partial charge is 0.238 e. The Bertz CT molecular complexity index is 1570. The number of allylic oxidation sites excluding steroid dienone is 1. The van der Waals surface area contributed by atoms with Crippen LogP contribution in [0, 0.1) is 21.3 Å². The highest BCUT2D eigenvalue weighted by Crippen LogP contribution is 2.47. The van der Waals surface area contributed by atoms with Crippen molar-refractivity contribution in [1.29, 1.82) is 0 Å². The molecule has 1 saturated heterocycles. The Kier molecular flexibility index (Phi) is 10.1. The second kappa shape index (κ2) is 14.0. The number of hydrogen-bond acceptors (Lipinski definition) is 7. The maximum atomic E-state index is 13.8. The minimum atomic E-state index is -0.964. The quantitative estimate of drug-likeness (QED) is 0.132. The van der Waals surface area contributed by atoms with E-state index in [2.05, 4.69) is 22.6 Å². The molecule has 1 heterocycles. The second-order valence-electron chi connectivity index (χ2n) is 11.2. The molecule has 2 aliphatic rings. The third-order valence-electron chi connectivity index (χ3n) is 8.41. The molecule has 230 valence electrons. The van der Waals surface area contributed by atoms with Crippen molar-refractivity contribution in [3.05, 3.63) is 98.6 Å². The third-order valence-corrected chi connectivity index (χ3v) is 9.23. The molecule has 2 amide bonds. The van der Waals surface area contributed by atoms with Gasteiger partial charge in [-0.25, -0.2) is 0 Å². The van der Waals surface area contributed by atoms with Gasteiger partial charge in [0, 0.05) is 5.92 Å². The summed E-state index contributed by atoms with van der Waals surface area (Å²) in [5, 5.41) is 32.5. The van der Waals surface area contributed by atoms with Gasteiger partial charge in [0.2, 0.25) is 11.8 Å². The topological polar surface area (TPSA) is 117 Å². The molecule has 3 aromatic carbocycles. The molecule has 0 spiro atoms. The normalized spacial score (nSPS) is 21.0. The van der Waals surface area contributed by atoms with Gasteiger partial charge in [-0.05, 0) is 102 Å². The molecule has 0 bridgehead atoms. The van der Waals surface area contributed by atoms with Gasteiger partial charge in [-0.2, -0.15) is 0 Å². The number of ether oxygens (including phenoxy) is 2. The Balaban J connectivity index is 1.43. The van der Waals surface area contributed by atoms with Crippen molar-refractivity contribution in [1.82, 2.24) is 0 Å². The first-order valence-electron chi connectivity index (χ1n) is 14.6. The number of anilines is 1. The van der Waals surface area contributed by atoms with Crippen molar-refractivity contribution in [3.8, 4) is 17.2 Å². The lowest BCUT2D eigenvalue weighted by molar-refractivity contribution is -0.123. The Morgan fingerprint density at radius 1 is 1.07 bits per heavy atom. The molecule has 3 aromatic rings. The molecular weight excluding hydrogens is 673 g/mol. The Morgan fingerprint density at radius 2 is 1.75 bits per heavy atom. The van der Waals surface area contributed by atoms with Gasteiger partial charge in [0.25, 0.3) is 0 Å². The number of phenols is 1. The maximum Gasteiger partial charge on any atom is 0.238 e. The number of rotatable bonds is 11. The molecular formula is C35H36INO7. The molecule has 5 rings (SSSR count). The van der Waals surface area contributed by atoms with E-state index in [1.54, 1.807) is 30.3 Å². The molecule has 9 heteroatoms. The second-order valence-corrected chi connectivity index (χ2v) is 12.4. The number of aliphatic hydroxyl groups excluding tert-OH is 2. The third kappa shape index (κ3) is 6.55. The van der Waals surface area contributed by atoms with Crippen LogP contribution in [-0.2, 0) is 9.59 Å². The lowest BCUT2D eigenvalue weighted by Gasteiger charge is -2.36. The predicted molar refractivity (Wildman–Crippen MR) is 176 cm³/mol. The molecule has 0 aromatic heterocycles. The van der Waals surface area contributed by atoms with E-state index < -0.39 is 23.9 Å². The number of carbonyl (C=O) groups is 2. The van der Waals surface area contributed by atoms with Crippen LogP contribution in [-0.4, -0.2) is 53.6 Å². The number of aliphatic hydroxyl groups is 2. The van der Waals surface area contributed by atoms with Gasteiger partial charge >= 0.3 is 0 Å². The van der Waals surface area contributed by atoms with Gasteiger partial charge in [-0.15, -0.1) is 0 Å². The minimum Gasteiger partial charge on any atom is -0.504 e. The van der Waals surface area contributed by atoms with Crippen LogP contribution in [0.5, 0.6) is 17.2 Å². The molecule has 4 atom stereocenters. The maximum absolute atomic E-state index is 13.8. The number of benzene rings is 3. The van der Waals surface area contributed by atoms with E-state index in [9.17, 15) is 24.9 Å². The lowest BCUT2D eigenvalue weighted by Crippen LogP contribution is -2.40. The Labute approximate surface area is 270 Å². The summed E-state index contributed by atoms with van der Waals surface area (Å²) in [5.41, 5.74) is 3.66. The monoisotopic (exact) mass is 709 g/mol. The molecule has 0 radical (unpaired) electrons. The fourth-order valence-corrected chi connectivity index (χ4v) is 6.95. The zero-order valence-corrected chi connectivity index (χ0v) is 26.8. The highest BCUT2D eigenvalue weighted by Gasteiger charge is 2.55. The first-order valence-corrected chi connectivity index (χ1v) is 15.7. The van der Waals surface area contributed by atoms with Gasteiger partial charge < -0.3 is 24.8 Å². The molecule has 44 heavy (non-hydrogen) atoms. The van der Waals surface area contributed by atoms with Gasteiger partial charge in [-0.1, -0.05) is 48.0 Å². The van der Waals surface area contributed by atoms with E-state index in [-0.39, 0.29) is 37.2 Å². The minimum absolute atomic E-state index is 0.0898. The number of hydrogen-bond donors (Lipinski definition) is 3. The van der Waals surface area contributed by atoms with Crippen molar-refractivity contribution in [2.45, 2.75) is 32.3 Å². The molecule has 1 fully saturated rings. The number of imide groups is 1. The fourth-order valence-electron chi connectivity index (χ4n) is 6.32. The average Bonchev–Trinajstić information content (AvgIpc) is 3.29. The summed E-state index contributed by atoms with van der Waals surface area (Å²) in [5.74, 6) is -1.69. The number of methoxy groups -OCH3 is 1. The van der Waals surface area contributed by atoms with Crippen LogP contribution in [0.1, 0.15) is 31.7 Å². The van der Waals surface area contributed by atoms with Crippen molar-refractivity contribution < 1.29 is 34.4 Å². The van der Waals surface area contributed by atoms with Crippen LogP contribution in [0.25, 0.3) is 6.08 Å². The van der Waals surface area contributed by atoms with Gasteiger partial charge in [0.05, 0.1) is 40.9 Å². The Morgan fingerprint density at radius 3 is 2.41 bits per heavy atom. The number of fused-ring (bicyclic) bond motifs is 1.